The Morgan fingerprint density at radius 2 is 1.95 bits per heavy atom. The second-order valence-corrected chi connectivity index (χ2v) is 6.52. The lowest BCUT2D eigenvalue weighted by Gasteiger charge is -2.14. The Kier molecular flexibility index (Phi) is 4.31. The predicted molar refractivity (Wildman–Crippen MR) is 88.2 cm³/mol. The molecule has 0 fully saturated rings. The van der Waals surface area contributed by atoms with Crippen molar-refractivity contribution in [2.24, 2.45) is 0 Å². The van der Waals surface area contributed by atoms with Gasteiger partial charge in [0.1, 0.15) is 15.8 Å². The number of aryl methyl sites for hydroxylation is 2. The molecule has 0 saturated carbocycles. The molecule has 2 aromatic heterocycles. The van der Waals surface area contributed by atoms with Crippen LogP contribution in [0.3, 0.4) is 0 Å². The highest BCUT2D eigenvalue weighted by Crippen LogP contribution is 2.17. The number of benzene rings is 1. The number of hydrogen-bond donors (Lipinski definition) is 1. The molecule has 3 aromatic rings. The van der Waals surface area contributed by atoms with E-state index in [0.717, 1.165) is 28.1 Å². The van der Waals surface area contributed by atoms with E-state index in [0.29, 0.717) is 0 Å². The molecule has 0 radical (unpaired) electrons. The van der Waals surface area contributed by atoms with E-state index >= 15 is 0 Å². The Labute approximate surface area is 134 Å². The molecule has 2 heterocycles. The summed E-state index contributed by atoms with van der Waals surface area (Å²) in [4.78, 5) is 4.25. The molecule has 1 unspecified atom stereocenters. The molecule has 1 atom stereocenters. The van der Waals surface area contributed by atoms with Crippen molar-refractivity contribution in [1.29, 1.82) is 0 Å². The Balaban J connectivity index is 1.66. The SMILES string of the molecule is Cc1nnc(CNC(C)c2ccc(-n3ccnc3C)cc2)s1. The molecule has 1 N–H and O–H groups in total. The first-order valence-corrected chi connectivity index (χ1v) is 8.08. The second kappa shape index (κ2) is 6.37. The van der Waals surface area contributed by atoms with Gasteiger partial charge in [-0.25, -0.2) is 4.98 Å². The largest absolute Gasteiger partial charge is 0.304 e. The van der Waals surface area contributed by atoms with Gasteiger partial charge in [-0.3, -0.25) is 0 Å². The molecule has 1 aromatic carbocycles. The minimum Gasteiger partial charge on any atom is -0.304 e. The molecular formula is C16H19N5S. The predicted octanol–water partition coefficient (Wildman–Crippen LogP) is 3.19. The van der Waals surface area contributed by atoms with Crippen LogP contribution in [0.5, 0.6) is 0 Å². The molecule has 0 aliphatic heterocycles. The zero-order chi connectivity index (χ0) is 15.5. The van der Waals surface area contributed by atoms with E-state index < -0.39 is 0 Å². The zero-order valence-electron chi connectivity index (χ0n) is 12.9. The Morgan fingerprint density at radius 1 is 1.18 bits per heavy atom. The first-order chi connectivity index (χ1) is 10.6. The normalized spacial score (nSPS) is 12.5. The molecular weight excluding hydrogens is 294 g/mol. The van der Waals surface area contributed by atoms with Gasteiger partial charge < -0.3 is 9.88 Å². The first kappa shape index (κ1) is 14.9. The summed E-state index contributed by atoms with van der Waals surface area (Å²) in [7, 11) is 0. The van der Waals surface area contributed by atoms with Crippen molar-refractivity contribution in [3.8, 4) is 5.69 Å². The van der Waals surface area contributed by atoms with Crippen molar-refractivity contribution in [3.63, 3.8) is 0 Å². The highest BCUT2D eigenvalue weighted by molar-refractivity contribution is 7.11. The van der Waals surface area contributed by atoms with Crippen molar-refractivity contribution in [1.82, 2.24) is 25.1 Å². The fourth-order valence-electron chi connectivity index (χ4n) is 2.34. The molecule has 6 heteroatoms. The maximum absolute atomic E-state index is 4.25. The average molecular weight is 313 g/mol. The molecule has 0 spiro atoms. The van der Waals surface area contributed by atoms with Gasteiger partial charge >= 0.3 is 0 Å². The highest BCUT2D eigenvalue weighted by atomic mass is 32.1. The number of nitrogens with one attached hydrogen (secondary N) is 1. The summed E-state index contributed by atoms with van der Waals surface area (Å²) in [6.07, 6.45) is 3.79. The number of imidazole rings is 1. The number of hydrogen-bond acceptors (Lipinski definition) is 5. The fraction of sp³-hybridized carbons (Fsp3) is 0.312. The standard InChI is InChI=1S/C16H19N5S/c1-11(18-10-16-20-19-13(3)22-16)14-4-6-15(7-5-14)21-9-8-17-12(21)2/h4-9,11,18H,10H2,1-3H3. The molecule has 114 valence electrons. The lowest BCUT2D eigenvalue weighted by Crippen LogP contribution is -2.18. The average Bonchev–Trinajstić information content (AvgIpc) is 3.13. The van der Waals surface area contributed by atoms with Gasteiger partial charge in [-0.15, -0.1) is 21.5 Å². The lowest BCUT2D eigenvalue weighted by molar-refractivity contribution is 0.571. The van der Waals surface area contributed by atoms with Crippen LogP contribution >= 0.6 is 11.3 Å². The lowest BCUT2D eigenvalue weighted by atomic mass is 10.1. The van der Waals surface area contributed by atoms with Crippen LogP contribution in [0.2, 0.25) is 0 Å². The Morgan fingerprint density at radius 3 is 2.55 bits per heavy atom. The summed E-state index contributed by atoms with van der Waals surface area (Å²) in [6.45, 7) is 6.88. The quantitative estimate of drug-likeness (QED) is 0.786. The first-order valence-electron chi connectivity index (χ1n) is 7.26. The molecule has 0 bridgehead atoms. The molecule has 0 aliphatic rings. The van der Waals surface area contributed by atoms with Gasteiger partial charge in [-0.05, 0) is 38.5 Å². The van der Waals surface area contributed by atoms with Gasteiger partial charge in [0.05, 0.1) is 6.54 Å². The van der Waals surface area contributed by atoms with Crippen LogP contribution in [-0.2, 0) is 6.54 Å². The third-order valence-electron chi connectivity index (χ3n) is 3.62. The topological polar surface area (TPSA) is 55.6 Å². The molecule has 0 amide bonds. The summed E-state index contributed by atoms with van der Waals surface area (Å²) in [5.74, 6) is 0.991. The van der Waals surface area contributed by atoms with Crippen LogP contribution in [0.4, 0.5) is 0 Å². The van der Waals surface area contributed by atoms with Gasteiger partial charge in [-0.2, -0.15) is 0 Å². The van der Waals surface area contributed by atoms with Crippen LogP contribution < -0.4 is 5.32 Å². The molecule has 3 rings (SSSR count). The van der Waals surface area contributed by atoms with E-state index in [1.165, 1.54) is 5.56 Å². The Hall–Kier alpha value is -2.05. The zero-order valence-corrected chi connectivity index (χ0v) is 13.8. The minimum atomic E-state index is 0.266. The smallest absolute Gasteiger partial charge is 0.131 e. The van der Waals surface area contributed by atoms with Crippen molar-refractivity contribution in [3.05, 3.63) is 58.1 Å². The van der Waals surface area contributed by atoms with Crippen molar-refractivity contribution in [2.75, 3.05) is 0 Å². The number of rotatable bonds is 5. The van der Waals surface area contributed by atoms with Crippen LogP contribution in [0.25, 0.3) is 5.69 Å². The van der Waals surface area contributed by atoms with Crippen molar-refractivity contribution < 1.29 is 0 Å². The fourth-order valence-corrected chi connectivity index (χ4v) is 3.00. The van der Waals surface area contributed by atoms with Crippen molar-refractivity contribution >= 4 is 11.3 Å². The van der Waals surface area contributed by atoms with E-state index in [1.54, 1.807) is 11.3 Å². The summed E-state index contributed by atoms with van der Waals surface area (Å²) >= 11 is 1.63. The van der Waals surface area contributed by atoms with E-state index in [-0.39, 0.29) is 6.04 Å². The summed E-state index contributed by atoms with van der Waals surface area (Å²) < 4.78 is 2.08. The Bertz CT molecular complexity index is 744. The molecule has 22 heavy (non-hydrogen) atoms. The number of nitrogens with zero attached hydrogens (tertiary/aromatic N) is 4. The summed E-state index contributed by atoms with van der Waals surface area (Å²) in [5, 5.41) is 13.7. The number of aromatic nitrogens is 4. The third-order valence-corrected chi connectivity index (χ3v) is 4.46. The van der Waals surface area contributed by atoms with E-state index in [9.17, 15) is 0 Å². The van der Waals surface area contributed by atoms with E-state index in [4.69, 9.17) is 0 Å². The molecule has 0 aliphatic carbocycles. The van der Waals surface area contributed by atoms with Crippen molar-refractivity contribution in [2.45, 2.75) is 33.4 Å². The summed E-state index contributed by atoms with van der Waals surface area (Å²) in [5.41, 5.74) is 2.38. The van der Waals surface area contributed by atoms with Crippen LogP contribution in [0, 0.1) is 13.8 Å². The van der Waals surface area contributed by atoms with Gasteiger partial charge in [0, 0.05) is 24.1 Å². The monoisotopic (exact) mass is 313 g/mol. The van der Waals surface area contributed by atoms with Gasteiger partial charge in [0.25, 0.3) is 0 Å². The van der Waals surface area contributed by atoms with Gasteiger partial charge in [-0.1, -0.05) is 12.1 Å². The third kappa shape index (κ3) is 3.23. The second-order valence-electron chi connectivity index (χ2n) is 5.25. The van der Waals surface area contributed by atoms with E-state index in [2.05, 4.69) is 56.3 Å². The van der Waals surface area contributed by atoms with Gasteiger partial charge in [0.15, 0.2) is 0 Å². The molecule has 0 saturated heterocycles. The summed E-state index contributed by atoms with van der Waals surface area (Å²) in [6, 6.07) is 8.81. The highest BCUT2D eigenvalue weighted by Gasteiger charge is 2.08. The van der Waals surface area contributed by atoms with E-state index in [1.807, 2.05) is 26.2 Å². The van der Waals surface area contributed by atoms with Crippen LogP contribution in [0.15, 0.2) is 36.7 Å². The maximum atomic E-state index is 4.25. The van der Waals surface area contributed by atoms with Crippen LogP contribution in [-0.4, -0.2) is 19.7 Å². The van der Waals surface area contributed by atoms with Gasteiger partial charge in [0.2, 0.25) is 0 Å². The van der Waals surface area contributed by atoms with Crippen LogP contribution in [0.1, 0.15) is 34.4 Å². The minimum absolute atomic E-state index is 0.266. The molecule has 5 nitrogen and oxygen atoms in total. The maximum Gasteiger partial charge on any atom is 0.131 e.